The molecule has 0 amide bonds. The van der Waals surface area contributed by atoms with Gasteiger partial charge < -0.3 is 9.80 Å². The van der Waals surface area contributed by atoms with E-state index in [0.717, 1.165) is 61.9 Å². The van der Waals surface area contributed by atoms with Crippen LogP contribution in [0.2, 0.25) is 0 Å². The van der Waals surface area contributed by atoms with Crippen molar-refractivity contribution in [2.75, 3.05) is 9.80 Å². The van der Waals surface area contributed by atoms with Crippen LogP contribution in [-0.2, 0) is 5.41 Å². The smallest absolute Gasteiger partial charge is 0.193 e. The van der Waals surface area contributed by atoms with Crippen LogP contribution in [0, 0.1) is 6.92 Å². The van der Waals surface area contributed by atoms with Crippen LogP contribution in [0.25, 0.3) is 11.1 Å². The van der Waals surface area contributed by atoms with Gasteiger partial charge in [-0.3, -0.25) is 4.79 Å². The third kappa shape index (κ3) is 6.38. The fourth-order valence-electron chi connectivity index (χ4n) is 9.00. The molecule has 0 bridgehead atoms. The summed E-state index contributed by atoms with van der Waals surface area (Å²) in [6.07, 6.45) is 0. The zero-order valence-corrected chi connectivity index (χ0v) is 33.3. The van der Waals surface area contributed by atoms with Crippen molar-refractivity contribution in [3.63, 3.8) is 0 Å². The van der Waals surface area contributed by atoms with Crippen molar-refractivity contribution in [1.82, 2.24) is 0 Å². The van der Waals surface area contributed by atoms with Gasteiger partial charge in [-0.1, -0.05) is 163 Å². The number of nitrogens with zero attached hydrogens (tertiary/aromatic N) is 2. The molecule has 10 rings (SSSR count). The Morgan fingerprint density at radius 1 is 0.350 bits per heavy atom. The van der Waals surface area contributed by atoms with Gasteiger partial charge in [0.15, 0.2) is 5.78 Å². The van der Waals surface area contributed by atoms with E-state index < -0.39 is 5.41 Å². The van der Waals surface area contributed by atoms with Crippen molar-refractivity contribution in [3.8, 4) is 11.1 Å². The first-order chi connectivity index (χ1) is 29.6. The van der Waals surface area contributed by atoms with Crippen LogP contribution in [0.4, 0.5) is 34.1 Å². The van der Waals surface area contributed by atoms with Gasteiger partial charge in [0.2, 0.25) is 0 Å². The number of carbonyl (C=O) groups is 1. The Morgan fingerprint density at radius 3 is 1.17 bits per heavy atom. The summed E-state index contributed by atoms with van der Waals surface area (Å²) < 4.78 is 0. The number of carbonyl (C=O) groups excluding carboxylic acids is 1. The van der Waals surface area contributed by atoms with Crippen LogP contribution < -0.4 is 9.80 Å². The highest BCUT2D eigenvalue weighted by Gasteiger charge is 2.46. The summed E-state index contributed by atoms with van der Waals surface area (Å²) >= 11 is 0. The van der Waals surface area contributed by atoms with Crippen molar-refractivity contribution in [3.05, 3.63) is 276 Å². The lowest BCUT2D eigenvalue weighted by Crippen LogP contribution is -2.29. The Morgan fingerprint density at radius 2 is 0.717 bits per heavy atom. The zero-order valence-electron chi connectivity index (χ0n) is 33.3. The molecule has 0 unspecified atom stereocenters. The predicted molar refractivity (Wildman–Crippen MR) is 248 cm³/mol. The lowest BCUT2D eigenvalue weighted by Gasteiger charge is -2.35. The molecule has 3 heteroatoms. The van der Waals surface area contributed by atoms with E-state index in [-0.39, 0.29) is 5.78 Å². The minimum absolute atomic E-state index is 0.0103. The molecule has 0 fully saturated rings. The van der Waals surface area contributed by atoms with E-state index in [1.807, 2.05) is 37.3 Å². The summed E-state index contributed by atoms with van der Waals surface area (Å²) in [6, 6.07) is 83.0. The second kappa shape index (κ2) is 15.5. The minimum atomic E-state index is -0.735. The van der Waals surface area contributed by atoms with Gasteiger partial charge in [-0.15, -0.1) is 0 Å². The number of benzene rings is 9. The van der Waals surface area contributed by atoms with E-state index in [1.165, 1.54) is 11.1 Å². The number of para-hydroxylation sites is 4. The van der Waals surface area contributed by atoms with Crippen LogP contribution in [0.1, 0.15) is 43.7 Å². The first-order valence-electron chi connectivity index (χ1n) is 20.5. The molecular weight excluding hydrogens is 729 g/mol. The van der Waals surface area contributed by atoms with E-state index >= 15 is 0 Å². The average Bonchev–Trinajstić information content (AvgIpc) is 3.61. The Kier molecular flexibility index (Phi) is 9.48. The molecule has 0 atom stereocenters. The van der Waals surface area contributed by atoms with Crippen LogP contribution in [0.3, 0.4) is 0 Å². The zero-order chi connectivity index (χ0) is 40.5. The van der Waals surface area contributed by atoms with E-state index in [2.05, 4.69) is 216 Å². The van der Waals surface area contributed by atoms with Crippen LogP contribution >= 0.6 is 0 Å². The molecule has 9 aromatic carbocycles. The molecule has 9 aromatic rings. The highest BCUT2D eigenvalue weighted by molar-refractivity contribution is 6.10. The largest absolute Gasteiger partial charge is 0.311 e. The van der Waals surface area contributed by atoms with Gasteiger partial charge in [0.1, 0.15) is 0 Å². The molecule has 0 aliphatic heterocycles. The fourth-order valence-corrected chi connectivity index (χ4v) is 9.00. The van der Waals surface area contributed by atoms with Gasteiger partial charge in [-0.2, -0.15) is 0 Å². The molecule has 0 aromatic heterocycles. The molecule has 0 radical (unpaired) electrons. The van der Waals surface area contributed by atoms with Gasteiger partial charge in [-0.05, 0) is 119 Å². The van der Waals surface area contributed by atoms with Crippen molar-refractivity contribution >= 4 is 39.9 Å². The Balaban J connectivity index is 1.18. The first kappa shape index (κ1) is 36.6. The van der Waals surface area contributed by atoms with Crippen molar-refractivity contribution in [2.24, 2.45) is 0 Å². The summed E-state index contributed by atoms with van der Waals surface area (Å²) in [7, 11) is 0. The van der Waals surface area contributed by atoms with Crippen molar-refractivity contribution in [1.29, 1.82) is 0 Å². The minimum Gasteiger partial charge on any atom is -0.311 e. The summed E-state index contributed by atoms with van der Waals surface area (Å²) in [5, 5.41) is 0. The summed E-state index contributed by atoms with van der Waals surface area (Å²) in [5.41, 5.74) is 15.0. The van der Waals surface area contributed by atoms with E-state index in [0.29, 0.717) is 11.1 Å². The number of ketones is 1. The molecule has 0 N–H and O–H groups in total. The SMILES string of the molecule is Cc1ccc(C(=O)c2ccc3c(c2)C(c2ccc(N(c4ccccc4)c4ccccc4)cc2)(c2ccc(N(c4ccccc4)c4ccccc4)cc2)c2ccccc2-3)cc1. The average molecular weight is 771 g/mol. The molecule has 0 saturated heterocycles. The molecule has 0 spiro atoms. The predicted octanol–water partition coefficient (Wildman–Crippen LogP) is 14.5. The Hall–Kier alpha value is -7.75. The second-order valence-electron chi connectivity index (χ2n) is 15.4. The van der Waals surface area contributed by atoms with Gasteiger partial charge in [0, 0.05) is 45.3 Å². The van der Waals surface area contributed by atoms with Gasteiger partial charge in [0.25, 0.3) is 0 Å². The quantitative estimate of drug-likeness (QED) is 0.129. The lowest BCUT2D eigenvalue weighted by molar-refractivity contribution is 0.103. The number of rotatable bonds is 10. The highest BCUT2D eigenvalue weighted by atomic mass is 16.1. The first-order valence-corrected chi connectivity index (χ1v) is 20.5. The second-order valence-corrected chi connectivity index (χ2v) is 15.4. The Bertz CT molecular complexity index is 2700. The number of anilines is 6. The maximum absolute atomic E-state index is 14.3. The molecule has 3 nitrogen and oxygen atoms in total. The fraction of sp³-hybridized carbons (Fsp3) is 0.0351. The normalized spacial score (nSPS) is 12.3. The maximum atomic E-state index is 14.3. The van der Waals surface area contributed by atoms with Crippen LogP contribution in [0.15, 0.2) is 237 Å². The lowest BCUT2D eigenvalue weighted by atomic mass is 9.67. The van der Waals surface area contributed by atoms with Crippen molar-refractivity contribution < 1.29 is 4.79 Å². The molecule has 286 valence electrons. The highest BCUT2D eigenvalue weighted by Crippen LogP contribution is 2.57. The van der Waals surface area contributed by atoms with Crippen LogP contribution in [0.5, 0.6) is 0 Å². The molecule has 1 aliphatic rings. The third-order valence-electron chi connectivity index (χ3n) is 11.8. The number of hydrogen-bond acceptors (Lipinski definition) is 3. The third-order valence-corrected chi connectivity index (χ3v) is 11.8. The van der Waals surface area contributed by atoms with E-state index in [4.69, 9.17) is 0 Å². The van der Waals surface area contributed by atoms with Gasteiger partial charge in [0.05, 0.1) is 5.41 Å². The summed E-state index contributed by atoms with van der Waals surface area (Å²) in [6.45, 7) is 2.05. The standard InChI is InChI=1S/C57H42N2O/c1-41-26-28-42(29-27-41)56(60)43-30-39-53-52-24-14-15-25-54(52)57(55(53)40-43,44-31-35-50(36-32-44)58(46-16-6-2-7-17-46)47-18-8-3-9-19-47)45-33-37-51(38-34-45)59(48-20-10-4-11-21-48)49-22-12-5-13-23-49/h2-40H,1H3. The molecule has 0 saturated carbocycles. The molecular formula is C57H42N2O. The summed E-state index contributed by atoms with van der Waals surface area (Å²) in [5.74, 6) is 0.0103. The topological polar surface area (TPSA) is 23.6 Å². The van der Waals surface area contributed by atoms with E-state index in [9.17, 15) is 4.79 Å². The molecule has 0 heterocycles. The maximum Gasteiger partial charge on any atom is 0.193 e. The van der Waals surface area contributed by atoms with Crippen LogP contribution in [-0.4, -0.2) is 5.78 Å². The van der Waals surface area contributed by atoms with Gasteiger partial charge >= 0.3 is 0 Å². The number of fused-ring (bicyclic) bond motifs is 3. The number of hydrogen-bond donors (Lipinski definition) is 0. The molecule has 1 aliphatic carbocycles. The molecule has 60 heavy (non-hydrogen) atoms. The summed E-state index contributed by atoms with van der Waals surface area (Å²) in [4.78, 5) is 18.9. The van der Waals surface area contributed by atoms with Crippen molar-refractivity contribution in [2.45, 2.75) is 12.3 Å². The number of aryl methyl sites for hydroxylation is 1. The van der Waals surface area contributed by atoms with E-state index in [1.54, 1.807) is 0 Å². The monoisotopic (exact) mass is 770 g/mol. The Labute approximate surface area is 352 Å². The van der Waals surface area contributed by atoms with Gasteiger partial charge in [-0.25, -0.2) is 0 Å².